The van der Waals surface area contributed by atoms with E-state index in [0.717, 1.165) is 22.0 Å². The van der Waals surface area contributed by atoms with Gasteiger partial charge < -0.3 is 15.1 Å². The Bertz CT molecular complexity index is 1360. The van der Waals surface area contributed by atoms with Gasteiger partial charge in [-0.3, -0.25) is 19.9 Å². The normalized spacial score (nSPS) is 11.1. The standard InChI is InChI=1S/C21H15ClN6O2/c22-15-3-4-16(14-10-26-28-18(14)15)27-19-13-5-7-24-11-17(13)30-20(19)21(29)25-9-12-2-1-6-23-8-12/h1-8,10-11,27H,9H2,(H,25,29)(H,26,28). The van der Waals surface area contributed by atoms with E-state index in [-0.39, 0.29) is 11.7 Å². The molecule has 0 radical (unpaired) electrons. The summed E-state index contributed by atoms with van der Waals surface area (Å²) in [6.45, 7) is 0.328. The van der Waals surface area contributed by atoms with Crippen molar-refractivity contribution in [2.24, 2.45) is 0 Å². The van der Waals surface area contributed by atoms with Gasteiger partial charge in [0.2, 0.25) is 5.76 Å². The molecule has 4 heterocycles. The van der Waals surface area contributed by atoms with Gasteiger partial charge in [0.25, 0.3) is 5.91 Å². The van der Waals surface area contributed by atoms with Crippen molar-refractivity contribution < 1.29 is 9.21 Å². The van der Waals surface area contributed by atoms with E-state index < -0.39 is 0 Å². The number of halogens is 1. The fourth-order valence-electron chi connectivity index (χ4n) is 3.25. The molecule has 0 bridgehead atoms. The van der Waals surface area contributed by atoms with E-state index in [1.54, 1.807) is 43.1 Å². The minimum atomic E-state index is -0.352. The van der Waals surface area contributed by atoms with Crippen LogP contribution in [-0.4, -0.2) is 26.1 Å². The molecule has 3 N–H and O–H groups in total. The van der Waals surface area contributed by atoms with E-state index >= 15 is 0 Å². The largest absolute Gasteiger partial charge is 0.447 e. The van der Waals surface area contributed by atoms with Crippen LogP contribution in [0.1, 0.15) is 16.1 Å². The smallest absolute Gasteiger partial charge is 0.289 e. The molecule has 8 nitrogen and oxygen atoms in total. The highest BCUT2D eigenvalue weighted by Gasteiger charge is 2.22. The Hall–Kier alpha value is -3.91. The fourth-order valence-corrected chi connectivity index (χ4v) is 3.45. The zero-order valence-electron chi connectivity index (χ0n) is 15.5. The van der Waals surface area contributed by atoms with Gasteiger partial charge in [-0.15, -0.1) is 0 Å². The Labute approximate surface area is 175 Å². The number of benzene rings is 1. The van der Waals surface area contributed by atoms with Crippen LogP contribution in [0.4, 0.5) is 11.4 Å². The molecule has 4 aromatic heterocycles. The number of H-pyrrole nitrogens is 1. The zero-order valence-corrected chi connectivity index (χ0v) is 16.3. The molecule has 0 saturated carbocycles. The van der Waals surface area contributed by atoms with Crippen LogP contribution in [0, 0.1) is 0 Å². The van der Waals surface area contributed by atoms with Crippen LogP contribution in [0.2, 0.25) is 5.02 Å². The molecule has 0 aliphatic heterocycles. The van der Waals surface area contributed by atoms with Gasteiger partial charge in [0.15, 0.2) is 5.58 Å². The molecule has 0 unspecified atom stereocenters. The lowest BCUT2D eigenvalue weighted by Crippen LogP contribution is -2.23. The summed E-state index contributed by atoms with van der Waals surface area (Å²) >= 11 is 6.23. The number of amides is 1. The number of pyridine rings is 2. The summed E-state index contributed by atoms with van der Waals surface area (Å²) in [6.07, 6.45) is 8.28. The number of fused-ring (bicyclic) bond motifs is 2. The Morgan fingerprint density at radius 1 is 1.07 bits per heavy atom. The number of aromatic amines is 1. The van der Waals surface area contributed by atoms with Crippen molar-refractivity contribution in [3.63, 3.8) is 0 Å². The maximum Gasteiger partial charge on any atom is 0.289 e. The Kier molecular flexibility index (Phi) is 4.53. The molecule has 0 atom stereocenters. The Morgan fingerprint density at radius 2 is 1.97 bits per heavy atom. The van der Waals surface area contributed by atoms with Crippen molar-refractivity contribution in [1.82, 2.24) is 25.5 Å². The fraction of sp³-hybridized carbons (Fsp3) is 0.0476. The predicted octanol–water partition coefficient (Wildman–Crippen LogP) is 4.43. The van der Waals surface area contributed by atoms with Crippen LogP contribution in [-0.2, 0) is 6.54 Å². The van der Waals surface area contributed by atoms with E-state index in [9.17, 15) is 4.79 Å². The molecule has 30 heavy (non-hydrogen) atoms. The third kappa shape index (κ3) is 3.23. The van der Waals surface area contributed by atoms with Gasteiger partial charge in [-0.2, -0.15) is 5.10 Å². The SMILES string of the molecule is O=C(NCc1cccnc1)c1oc2cnccc2c1Nc1ccc(Cl)c2[nH]ncc12. The number of nitrogens with zero attached hydrogens (tertiary/aromatic N) is 3. The summed E-state index contributed by atoms with van der Waals surface area (Å²) in [4.78, 5) is 21.1. The molecule has 0 fully saturated rings. The van der Waals surface area contributed by atoms with Gasteiger partial charge in [0, 0.05) is 41.6 Å². The summed E-state index contributed by atoms with van der Waals surface area (Å²) in [5.74, 6) is -0.191. The molecule has 0 aliphatic rings. The van der Waals surface area contributed by atoms with E-state index in [0.29, 0.717) is 28.4 Å². The molecule has 148 valence electrons. The van der Waals surface area contributed by atoms with E-state index in [4.69, 9.17) is 16.0 Å². The van der Waals surface area contributed by atoms with Crippen molar-refractivity contribution >= 4 is 50.8 Å². The number of carbonyl (C=O) groups is 1. The second-order valence-electron chi connectivity index (χ2n) is 6.60. The highest BCUT2D eigenvalue weighted by molar-refractivity contribution is 6.35. The highest BCUT2D eigenvalue weighted by Crippen LogP contribution is 2.36. The number of hydrogen-bond donors (Lipinski definition) is 3. The number of anilines is 2. The van der Waals surface area contributed by atoms with Gasteiger partial charge in [-0.25, -0.2) is 0 Å². The first-order valence-electron chi connectivity index (χ1n) is 9.13. The minimum absolute atomic E-state index is 0.161. The van der Waals surface area contributed by atoms with Crippen molar-refractivity contribution in [2.75, 3.05) is 5.32 Å². The quantitative estimate of drug-likeness (QED) is 0.389. The van der Waals surface area contributed by atoms with Crippen LogP contribution in [0.25, 0.3) is 21.9 Å². The molecule has 1 amide bonds. The van der Waals surface area contributed by atoms with Crippen LogP contribution in [0.15, 0.2) is 65.7 Å². The number of hydrogen-bond acceptors (Lipinski definition) is 6. The molecule has 0 saturated heterocycles. The maximum atomic E-state index is 12.9. The number of furan rings is 1. The third-order valence-corrected chi connectivity index (χ3v) is 5.01. The Balaban J connectivity index is 1.53. The summed E-state index contributed by atoms with van der Waals surface area (Å²) in [5, 5.41) is 15.2. The van der Waals surface area contributed by atoms with Crippen molar-refractivity contribution in [2.45, 2.75) is 6.54 Å². The lowest BCUT2D eigenvalue weighted by Gasteiger charge is -2.09. The van der Waals surface area contributed by atoms with Crippen LogP contribution >= 0.6 is 11.6 Å². The minimum Gasteiger partial charge on any atom is -0.447 e. The van der Waals surface area contributed by atoms with Crippen molar-refractivity contribution in [3.05, 3.63) is 77.7 Å². The second kappa shape index (κ2) is 7.49. The van der Waals surface area contributed by atoms with Gasteiger partial charge in [-0.1, -0.05) is 17.7 Å². The van der Waals surface area contributed by atoms with Gasteiger partial charge in [0.1, 0.15) is 0 Å². The van der Waals surface area contributed by atoms with E-state index in [1.165, 1.54) is 0 Å². The molecule has 1 aromatic carbocycles. The predicted molar refractivity (Wildman–Crippen MR) is 114 cm³/mol. The summed E-state index contributed by atoms with van der Waals surface area (Å²) in [5.41, 5.74) is 3.38. The van der Waals surface area contributed by atoms with Crippen molar-refractivity contribution in [1.29, 1.82) is 0 Å². The average molecular weight is 419 g/mol. The van der Waals surface area contributed by atoms with Crippen LogP contribution in [0.5, 0.6) is 0 Å². The number of carbonyl (C=O) groups excluding carboxylic acids is 1. The van der Waals surface area contributed by atoms with Crippen LogP contribution < -0.4 is 10.6 Å². The topological polar surface area (TPSA) is 109 Å². The first-order chi connectivity index (χ1) is 14.7. The monoisotopic (exact) mass is 418 g/mol. The molecule has 9 heteroatoms. The van der Waals surface area contributed by atoms with Gasteiger partial charge in [-0.05, 0) is 29.8 Å². The molecule has 0 spiro atoms. The Morgan fingerprint density at radius 3 is 2.83 bits per heavy atom. The molecule has 0 aliphatic carbocycles. The van der Waals surface area contributed by atoms with Gasteiger partial charge in [0.05, 0.1) is 28.6 Å². The lowest BCUT2D eigenvalue weighted by molar-refractivity contribution is 0.0926. The first-order valence-corrected chi connectivity index (χ1v) is 9.51. The number of aromatic nitrogens is 4. The van der Waals surface area contributed by atoms with E-state index in [1.807, 2.05) is 18.2 Å². The number of nitrogens with one attached hydrogen (secondary N) is 3. The summed E-state index contributed by atoms with van der Waals surface area (Å²) in [6, 6.07) is 9.09. The van der Waals surface area contributed by atoms with E-state index in [2.05, 4.69) is 30.8 Å². The average Bonchev–Trinajstić information content (AvgIpc) is 3.41. The molecule has 5 rings (SSSR count). The third-order valence-electron chi connectivity index (χ3n) is 4.70. The van der Waals surface area contributed by atoms with Crippen LogP contribution in [0.3, 0.4) is 0 Å². The second-order valence-corrected chi connectivity index (χ2v) is 7.01. The molecular weight excluding hydrogens is 404 g/mol. The summed E-state index contributed by atoms with van der Waals surface area (Å²) < 4.78 is 5.84. The zero-order chi connectivity index (χ0) is 20.5. The highest BCUT2D eigenvalue weighted by atomic mass is 35.5. The summed E-state index contributed by atoms with van der Waals surface area (Å²) in [7, 11) is 0. The molecular formula is C21H15ClN6O2. The number of rotatable bonds is 5. The molecule has 5 aromatic rings. The van der Waals surface area contributed by atoms with Gasteiger partial charge >= 0.3 is 0 Å². The first kappa shape index (κ1) is 18.1. The van der Waals surface area contributed by atoms with Crippen molar-refractivity contribution in [3.8, 4) is 0 Å². The maximum absolute atomic E-state index is 12.9. The lowest BCUT2D eigenvalue weighted by atomic mass is 10.2.